The van der Waals surface area contributed by atoms with E-state index in [1.165, 1.54) is 23.7 Å². The van der Waals surface area contributed by atoms with E-state index in [-0.39, 0.29) is 5.91 Å². The van der Waals surface area contributed by atoms with Gasteiger partial charge < -0.3 is 0 Å². The second kappa shape index (κ2) is 4.54. The summed E-state index contributed by atoms with van der Waals surface area (Å²) in [6, 6.07) is 1.56. The predicted molar refractivity (Wildman–Crippen MR) is 61.8 cm³/mol. The molecule has 82 valence electrons. The molecule has 0 aliphatic rings. The number of halogens is 1. The number of nitrogens with zero attached hydrogens (tertiary/aromatic N) is 3. The molecular formula is C9H7ClN4OS. The van der Waals surface area contributed by atoms with E-state index in [0.29, 0.717) is 15.7 Å². The van der Waals surface area contributed by atoms with Crippen LogP contribution in [0.15, 0.2) is 18.5 Å². The minimum Gasteiger partial charge on any atom is -0.296 e. The lowest BCUT2D eigenvalue weighted by atomic mass is 10.3. The highest BCUT2D eigenvalue weighted by atomic mass is 35.5. The molecule has 0 spiro atoms. The highest BCUT2D eigenvalue weighted by molar-refractivity contribution is 7.15. The van der Waals surface area contributed by atoms with E-state index in [1.807, 2.05) is 6.92 Å². The first-order valence-corrected chi connectivity index (χ1v) is 5.57. The number of aromatic nitrogens is 3. The molecule has 0 atom stereocenters. The summed E-state index contributed by atoms with van der Waals surface area (Å²) in [5.74, 6) is -0.339. The van der Waals surface area contributed by atoms with Gasteiger partial charge in [-0.05, 0) is 13.0 Å². The number of pyridine rings is 1. The first kappa shape index (κ1) is 11.0. The highest BCUT2D eigenvalue weighted by Crippen LogP contribution is 2.18. The summed E-state index contributed by atoms with van der Waals surface area (Å²) in [6.07, 6.45) is 2.93. The van der Waals surface area contributed by atoms with Crippen LogP contribution in [0.1, 0.15) is 15.4 Å². The zero-order chi connectivity index (χ0) is 11.5. The third-order valence-electron chi connectivity index (χ3n) is 1.76. The van der Waals surface area contributed by atoms with Gasteiger partial charge in [0.05, 0.1) is 10.6 Å². The van der Waals surface area contributed by atoms with Crippen LogP contribution in [0.4, 0.5) is 5.13 Å². The number of aryl methyl sites for hydroxylation is 1. The fourth-order valence-corrected chi connectivity index (χ4v) is 1.83. The van der Waals surface area contributed by atoms with Crippen LogP contribution in [-0.4, -0.2) is 21.1 Å². The molecule has 5 nitrogen and oxygen atoms in total. The first-order valence-electron chi connectivity index (χ1n) is 4.38. The topological polar surface area (TPSA) is 67.8 Å². The largest absolute Gasteiger partial charge is 0.296 e. The average Bonchev–Trinajstić information content (AvgIpc) is 2.64. The molecule has 0 aromatic carbocycles. The average molecular weight is 255 g/mol. The number of hydrogen-bond acceptors (Lipinski definition) is 5. The van der Waals surface area contributed by atoms with Gasteiger partial charge in [-0.3, -0.25) is 15.1 Å². The molecule has 0 radical (unpaired) electrons. The van der Waals surface area contributed by atoms with Gasteiger partial charge in [0.1, 0.15) is 5.01 Å². The quantitative estimate of drug-likeness (QED) is 0.892. The minimum atomic E-state index is -0.339. The van der Waals surface area contributed by atoms with Crippen LogP contribution in [0.25, 0.3) is 0 Å². The van der Waals surface area contributed by atoms with E-state index < -0.39 is 0 Å². The van der Waals surface area contributed by atoms with Gasteiger partial charge in [0.15, 0.2) is 0 Å². The first-order chi connectivity index (χ1) is 7.66. The fourth-order valence-electron chi connectivity index (χ4n) is 1.06. The van der Waals surface area contributed by atoms with Gasteiger partial charge in [-0.25, -0.2) is 0 Å². The maximum Gasteiger partial charge on any atom is 0.260 e. The van der Waals surface area contributed by atoms with Crippen molar-refractivity contribution in [2.75, 3.05) is 5.32 Å². The molecule has 0 aliphatic heterocycles. The van der Waals surface area contributed by atoms with E-state index in [0.717, 1.165) is 5.01 Å². The van der Waals surface area contributed by atoms with Crippen molar-refractivity contribution < 1.29 is 4.79 Å². The monoisotopic (exact) mass is 254 g/mol. The molecule has 2 aromatic rings. The highest BCUT2D eigenvalue weighted by Gasteiger charge is 2.12. The Morgan fingerprint density at radius 2 is 2.31 bits per heavy atom. The smallest absolute Gasteiger partial charge is 0.260 e. The Bertz CT molecular complexity index is 528. The molecule has 2 heterocycles. The van der Waals surface area contributed by atoms with Gasteiger partial charge in [-0.1, -0.05) is 22.9 Å². The molecule has 0 saturated carbocycles. The Balaban J connectivity index is 2.18. The van der Waals surface area contributed by atoms with Crippen molar-refractivity contribution in [3.8, 4) is 0 Å². The van der Waals surface area contributed by atoms with E-state index >= 15 is 0 Å². The van der Waals surface area contributed by atoms with Crippen molar-refractivity contribution in [3.63, 3.8) is 0 Å². The van der Waals surface area contributed by atoms with Gasteiger partial charge in [0.2, 0.25) is 5.13 Å². The van der Waals surface area contributed by atoms with Crippen molar-refractivity contribution in [1.29, 1.82) is 0 Å². The molecule has 2 rings (SSSR count). The Labute approximate surface area is 101 Å². The number of nitrogens with one attached hydrogen (secondary N) is 1. The maximum atomic E-state index is 11.7. The molecule has 0 saturated heterocycles. The number of amides is 1. The van der Waals surface area contributed by atoms with E-state index in [1.54, 1.807) is 6.07 Å². The lowest BCUT2D eigenvalue weighted by Crippen LogP contribution is -2.12. The third kappa shape index (κ3) is 2.34. The van der Waals surface area contributed by atoms with E-state index in [4.69, 9.17) is 11.6 Å². The Hall–Kier alpha value is -1.53. The van der Waals surface area contributed by atoms with Crippen LogP contribution in [0.5, 0.6) is 0 Å². The molecule has 0 bridgehead atoms. The Kier molecular flexibility index (Phi) is 3.12. The maximum absolute atomic E-state index is 11.7. The molecule has 0 fully saturated rings. The molecule has 0 aliphatic carbocycles. The van der Waals surface area contributed by atoms with Crippen molar-refractivity contribution >= 4 is 34.0 Å². The van der Waals surface area contributed by atoms with Crippen molar-refractivity contribution in [2.45, 2.75) is 6.92 Å². The van der Waals surface area contributed by atoms with Crippen LogP contribution < -0.4 is 5.32 Å². The van der Waals surface area contributed by atoms with Crippen LogP contribution >= 0.6 is 22.9 Å². The second-order valence-corrected chi connectivity index (χ2v) is 4.52. The van der Waals surface area contributed by atoms with Crippen molar-refractivity contribution in [3.05, 3.63) is 34.1 Å². The lowest BCUT2D eigenvalue weighted by molar-refractivity contribution is 0.102. The summed E-state index contributed by atoms with van der Waals surface area (Å²) in [5.41, 5.74) is 0.317. The second-order valence-electron chi connectivity index (χ2n) is 2.94. The van der Waals surface area contributed by atoms with Gasteiger partial charge in [-0.15, -0.1) is 10.2 Å². The normalized spacial score (nSPS) is 10.1. The number of carbonyl (C=O) groups is 1. The molecule has 1 amide bonds. The summed E-state index contributed by atoms with van der Waals surface area (Å²) in [6.45, 7) is 1.81. The number of hydrogen-bond donors (Lipinski definition) is 1. The van der Waals surface area contributed by atoms with Gasteiger partial charge in [0, 0.05) is 12.4 Å². The molecular weight excluding hydrogens is 248 g/mol. The van der Waals surface area contributed by atoms with Crippen molar-refractivity contribution in [1.82, 2.24) is 15.2 Å². The number of rotatable bonds is 2. The van der Waals surface area contributed by atoms with Crippen molar-refractivity contribution in [2.24, 2.45) is 0 Å². The van der Waals surface area contributed by atoms with E-state index in [2.05, 4.69) is 20.5 Å². The summed E-state index contributed by atoms with van der Waals surface area (Å²) in [5, 5.41) is 11.8. The third-order valence-corrected chi connectivity index (χ3v) is 2.84. The van der Waals surface area contributed by atoms with Gasteiger partial charge in [-0.2, -0.15) is 0 Å². The zero-order valence-electron chi connectivity index (χ0n) is 8.27. The lowest BCUT2D eigenvalue weighted by Gasteiger charge is -2.01. The molecule has 1 N–H and O–H groups in total. The van der Waals surface area contributed by atoms with Gasteiger partial charge in [0.25, 0.3) is 5.91 Å². The van der Waals surface area contributed by atoms with E-state index in [9.17, 15) is 4.79 Å². The van der Waals surface area contributed by atoms with Crippen LogP contribution in [-0.2, 0) is 0 Å². The summed E-state index contributed by atoms with van der Waals surface area (Å²) in [7, 11) is 0. The van der Waals surface area contributed by atoms with Crippen LogP contribution in [0, 0.1) is 6.92 Å². The number of anilines is 1. The molecule has 16 heavy (non-hydrogen) atoms. The molecule has 0 unspecified atom stereocenters. The Morgan fingerprint density at radius 3 is 2.94 bits per heavy atom. The standard InChI is InChI=1S/C9H7ClN4OS/c1-5-13-14-9(16-5)12-8(15)6-4-11-3-2-7(6)10/h2-4H,1H3,(H,12,14,15). The number of carbonyl (C=O) groups excluding carboxylic acids is 1. The Morgan fingerprint density at radius 1 is 1.50 bits per heavy atom. The zero-order valence-corrected chi connectivity index (χ0v) is 9.84. The van der Waals surface area contributed by atoms with Crippen LogP contribution in [0.3, 0.4) is 0 Å². The van der Waals surface area contributed by atoms with Gasteiger partial charge >= 0.3 is 0 Å². The summed E-state index contributed by atoms with van der Waals surface area (Å²) >= 11 is 7.16. The SMILES string of the molecule is Cc1nnc(NC(=O)c2cnccc2Cl)s1. The predicted octanol–water partition coefficient (Wildman–Crippen LogP) is 2.15. The summed E-state index contributed by atoms with van der Waals surface area (Å²) < 4.78 is 0. The van der Waals surface area contributed by atoms with Crippen LogP contribution in [0.2, 0.25) is 5.02 Å². The minimum absolute atomic E-state index is 0.317. The summed E-state index contributed by atoms with van der Waals surface area (Å²) in [4.78, 5) is 15.6. The molecule has 7 heteroatoms. The molecule has 2 aromatic heterocycles. The fraction of sp³-hybridized carbons (Fsp3) is 0.111.